The zero-order chi connectivity index (χ0) is 24.6. The van der Waals surface area contributed by atoms with E-state index in [0.29, 0.717) is 36.3 Å². The largest absolute Gasteiger partial charge is 0.497 e. The van der Waals surface area contributed by atoms with Crippen molar-refractivity contribution in [2.45, 2.75) is 116 Å². The van der Waals surface area contributed by atoms with Gasteiger partial charge in [-0.05, 0) is 60.5 Å². The molecule has 0 radical (unpaired) electrons. The first kappa shape index (κ1) is 28.0. The number of methoxy groups -OCH3 is 1. The van der Waals surface area contributed by atoms with E-state index < -0.39 is 8.32 Å². The molecule has 0 unspecified atom stereocenters. The fourth-order valence-corrected chi connectivity index (χ4v) is 11.2. The van der Waals surface area contributed by atoms with Crippen LogP contribution in [0, 0.1) is 0 Å². The SMILES string of the molecule is COc1ccc(COCC[C@H]2C[C@@H](O[Si](C(C)C)(C(C)C)C(C)C)C[C@@H](CC(C)=O)O2)cc1. The highest BCUT2D eigenvalue weighted by molar-refractivity contribution is 6.77. The second-order valence-electron chi connectivity index (χ2n) is 10.5. The maximum atomic E-state index is 11.9. The summed E-state index contributed by atoms with van der Waals surface area (Å²) in [7, 11) is -0.318. The van der Waals surface area contributed by atoms with Gasteiger partial charge in [-0.3, -0.25) is 4.79 Å². The third kappa shape index (κ3) is 7.91. The number of carbonyl (C=O) groups is 1. The monoisotopic (exact) mass is 478 g/mol. The van der Waals surface area contributed by atoms with Gasteiger partial charge < -0.3 is 18.6 Å². The molecule has 0 aromatic heterocycles. The molecule has 0 N–H and O–H groups in total. The Morgan fingerprint density at radius 1 is 1.00 bits per heavy atom. The van der Waals surface area contributed by atoms with Crippen molar-refractivity contribution in [3.63, 3.8) is 0 Å². The summed E-state index contributed by atoms with van der Waals surface area (Å²) in [5.41, 5.74) is 2.74. The molecule has 1 aliphatic heterocycles. The fourth-order valence-electron chi connectivity index (χ4n) is 5.62. The predicted molar refractivity (Wildman–Crippen MR) is 136 cm³/mol. The molecular formula is C27H46O5Si. The second kappa shape index (κ2) is 13.0. The Morgan fingerprint density at radius 2 is 1.58 bits per heavy atom. The van der Waals surface area contributed by atoms with Crippen LogP contribution in [0.15, 0.2) is 24.3 Å². The van der Waals surface area contributed by atoms with E-state index >= 15 is 0 Å². The molecule has 0 saturated carbocycles. The van der Waals surface area contributed by atoms with Gasteiger partial charge in [-0.2, -0.15) is 0 Å². The van der Waals surface area contributed by atoms with Gasteiger partial charge in [-0.15, -0.1) is 0 Å². The molecule has 1 aromatic rings. The summed E-state index contributed by atoms with van der Waals surface area (Å²) in [6.45, 7) is 16.8. The molecule has 3 atom stereocenters. The summed E-state index contributed by atoms with van der Waals surface area (Å²) in [5, 5.41) is 0. The average molecular weight is 479 g/mol. The third-order valence-electron chi connectivity index (χ3n) is 7.04. The molecule has 0 bridgehead atoms. The van der Waals surface area contributed by atoms with Crippen LogP contribution in [0.4, 0.5) is 0 Å². The standard InChI is InChI=1S/C27H46O5Si/c1-19(2)33(20(3)4,21(5)6)32-27-16-25(31-26(17-27)15-22(7)28)13-14-30-18-23-9-11-24(29-8)12-10-23/h9-12,19-21,25-27H,13-18H2,1-8H3/t25-,26+,27+/m0/s1. The molecule has 5 nitrogen and oxygen atoms in total. The van der Waals surface area contributed by atoms with Gasteiger partial charge in [0.25, 0.3) is 0 Å². The Labute approximate surface area is 202 Å². The van der Waals surface area contributed by atoms with Crippen molar-refractivity contribution in [2.24, 2.45) is 0 Å². The van der Waals surface area contributed by atoms with Crippen LogP contribution >= 0.6 is 0 Å². The van der Waals surface area contributed by atoms with E-state index in [-0.39, 0.29) is 24.1 Å². The molecule has 0 aliphatic carbocycles. The van der Waals surface area contributed by atoms with Crippen molar-refractivity contribution in [3.8, 4) is 5.75 Å². The van der Waals surface area contributed by atoms with Crippen molar-refractivity contribution in [1.29, 1.82) is 0 Å². The molecule has 1 heterocycles. The Bertz CT molecular complexity index is 694. The summed E-state index contributed by atoms with van der Waals surface area (Å²) in [5.74, 6) is 1.02. The van der Waals surface area contributed by atoms with Crippen LogP contribution in [0.1, 0.15) is 79.7 Å². The lowest BCUT2D eigenvalue weighted by Gasteiger charge is -2.47. The summed E-state index contributed by atoms with van der Waals surface area (Å²) < 4.78 is 24.6. The maximum Gasteiger partial charge on any atom is 0.200 e. The lowest BCUT2D eigenvalue weighted by Crippen LogP contribution is -2.52. The van der Waals surface area contributed by atoms with E-state index in [1.807, 2.05) is 24.3 Å². The smallest absolute Gasteiger partial charge is 0.200 e. The van der Waals surface area contributed by atoms with Gasteiger partial charge in [0.2, 0.25) is 8.32 Å². The van der Waals surface area contributed by atoms with Gasteiger partial charge in [0.05, 0.1) is 32.0 Å². The number of hydrogen-bond acceptors (Lipinski definition) is 5. The van der Waals surface area contributed by atoms with Crippen LogP contribution in [-0.2, 0) is 25.3 Å². The van der Waals surface area contributed by atoms with Gasteiger partial charge in [0, 0.05) is 13.0 Å². The molecule has 2 rings (SSSR count). The molecule has 1 saturated heterocycles. The molecule has 33 heavy (non-hydrogen) atoms. The number of ketones is 1. The van der Waals surface area contributed by atoms with E-state index in [9.17, 15) is 4.79 Å². The van der Waals surface area contributed by atoms with Crippen molar-refractivity contribution in [1.82, 2.24) is 0 Å². The average Bonchev–Trinajstić information content (AvgIpc) is 2.74. The lowest BCUT2D eigenvalue weighted by molar-refractivity contribution is -0.129. The van der Waals surface area contributed by atoms with Gasteiger partial charge in [-0.25, -0.2) is 0 Å². The summed E-state index contributed by atoms with van der Waals surface area (Å²) in [6.07, 6.45) is 3.10. The highest BCUT2D eigenvalue weighted by Gasteiger charge is 2.47. The molecule has 188 valence electrons. The van der Waals surface area contributed by atoms with E-state index in [0.717, 1.165) is 30.6 Å². The molecule has 1 aliphatic rings. The zero-order valence-electron chi connectivity index (χ0n) is 22.1. The fraction of sp³-hybridized carbons (Fsp3) is 0.741. The number of Topliss-reactive ketones (excluding diaryl/α,β-unsaturated/α-hetero) is 1. The molecule has 0 amide bonds. The van der Waals surface area contributed by atoms with Crippen molar-refractivity contribution < 1.29 is 23.4 Å². The topological polar surface area (TPSA) is 54.0 Å². The minimum absolute atomic E-state index is 0.0576. The number of hydrogen-bond donors (Lipinski definition) is 0. The Hall–Kier alpha value is -1.21. The molecule has 1 aromatic carbocycles. The highest BCUT2D eigenvalue weighted by atomic mass is 28.4. The quantitative estimate of drug-likeness (QED) is 0.233. The van der Waals surface area contributed by atoms with Crippen molar-refractivity contribution in [3.05, 3.63) is 29.8 Å². The number of rotatable bonds is 13. The highest BCUT2D eigenvalue weighted by Crippen LogP contribution is 2.44. The van der Waals surface area contributed by atoms with Gasteiger partial charge >= 0.3 is 0 Å². The van der Waals surface area contributed by atoms with Crippen molar-refractivity contribution >= 4 is 14.1 Å². The van der Waals surface area contributed by atoms with Crippen molar-refractivity contribution in [2.75, 3.05) is 13.7 Å². The molecule has 0 spiro atoms. The van der Waals surface area contributed by atoms with E-state index in [4.69, 9.17) is 18.6 Å². The van der Waals surface area contributed by atoms with Crippen LogP contribution in [0.3, 0.4) is 0 Å². The van der Waals surface area contributed by atoms with Crippen LogP contribution < -0.4 is 4.74 Å². The Morgan fingerprint density at radius 3 is 2.09 bits per heavy atom. The summed E-state index contributed by atoms with van der Waals surface area (Å²) in [4.78, 5) is 11.9. The second-order valence-corrected chi connectivity index (χ2v) is 15.9. The van der Waals surface area contributed by atoms with Gasteiger partial charge in [-0.1, -0.05) is 53.7 Å². The first-order valence-corrected chi connectivity index (χ1v) is 14.8. The zero-order valence-corrected chi connectivity index (χ0v) is 23.1. The van der Waals surface area contributed by atoms with Crippen LogP contribution in [-0.4, -0.2) is 46.1 Å². The Balaban J connectivity index is 2.00. The van der Waals surface area contributed by atoms with Gasteiger partial charge in [0.15, 0.2) is 0 Å². The minimum atomic E-state index is -1.99. The predicted octanol–water partition coefficient (Wildman–Crippen LogP) is 6.69. The summed E-state index contributed by atoms with van der Waals surface area (Å²) >= 11 is 0. The molecule has 1 fully saturated rings. The van der Waals surface area contributed by atoms with Crippen LogP contribution in [0.25, 0.3) is 0 Å². The Kier molecular flexibility index (Phi) is 11.1. The van der Waals surface area contributed by atoms with Gasteiger partial charge in [0.1, 0.15) is 11.5 Å². The molecular weight excluding hydrogens is 432 g/mol. The third-order valence-corrected chi connectivity index (χ3v) is 13.2. The normalized spacial score (nSPS) is 21.7. The van der Waals surface area contributed by atoms with E-state index in [1.165, 1.54) is 0 Å². The molecule has 6 heteroatoms. The first-order chi connectivity index (χ1) is 15.6. The number of ether oxygens (including phenoxy) is 3. The van der Waals surface area contributed by atoms with Crippen LogP contribution in [0.2, 0.25) is 16.6 Å². The summed E-state index contributed by atoms with van der Waals surface area (Å²) in [6, 6.07) is 7.95. The number of benzene rings is 1. The number of carbonyl (C=O) groups excluding carboxylic acids is 1. The maximum absolute atomic E-state index is 11.9. The minimum Gasteiger partial charge on any atom is -0.497 e. The first-order valence-electron chi connectivity index (χ1n) is 12.6. The van der Waals surface area contributed by atoms with E-state index in [2.05, 4.69) is 41.5 Å². The van der Waals surface area contributed by atoms with Crippen LogP contribution in [0.5, 0.6) is 5.75 Å². The van der Waals surface area contributed by atoms with E-state index in [1.54, 1.807) is 14.0 Å². The lowest BCUT2D eigenvalue weighted by atomic mass is 9.97.